The van der Waals surface area contributed by atoms with E-state index in [4.69, 9.17) is 4.18 Å². The highest BCUT2D eigenvalue weighted by Crippen LogP contribution is 2.69. The Morgan fingerprint density at radius 3 is 2.73 bits per heavy atom. The van der Waals surface area contributed by atoms with Gasteiger partial charge in [-0.2, -0.15) is 8.42 Å². The van der Waals surface area contributed by atoms with Crippen LogP contribution in [0.3, 0.4) is 0 Å². The number of carbonyl (C=O) groups is 1. The largest absolute Gasteiger partial charge is 0.438 e. The van der Waals surface area contributed by atoms with Gasteiger partial charge in [0.2, 0.25) is 0 Å². The molecule has 1 unspecified atom stereocenters. The monoisotopic (exact) mass is 491 g/mol. The Morgan fingerprint density at radius 1 is 1.18 bits per heavy atom. The summed E-state index contributed by atoms with van der Waals surface area (Å²) >= 11 is 1.15. The number of hydrogen-bond donors (Lipinski definition) is 0. The Balaban J connectivity index is 1.53. The number of rotatable bonds is 4. The normalized spacial score (nSPS) is 39.8. The fourth-order valence-corrected chi connectivity index (χ4v) is 9.32. The molecule has 0 amide bonds. The molecule has 2 fully saturated rings. The molecule has 1 heterocycles. The van der Waals surface area contributed by atoms with E-state index in [0.717, 1.165) is 31.0 Å². The second kappa shape index (κ2) is 8.02. The average Bonchev–Trinajstić information content (AvgIpc) is 3.11. The van der Waals surface area contributed by atoms with E-state index in [9.17, 15) is 17.1 Å². The van der Waals surface area contributed by atoms with E-state index in [0.29, 0.717) is 30.7 Å². The third-order valence-corrected chi connectivity index (χ3v) is 10.5. The second-order valence-corrected chi connectivity index (χ2v) is 12.5. The minimum Gasteiger partial charge on any atom is -0.286 e. The van der Waals surface area contributed by atoms with Crippen LogP contribution in [0.4, 0.5) is 3.89 Å². The Kier molecular flexibility index (Phi) is 5.65. The predicted molar refractivity (Wildman–Crippen MR) is 125 cm³/mol. The zero-order valence-electron chi connectivity index (χ0n) is 19.0. The SMILES string of the molecule is C[C@]12CC[C@H]3C(OS(=O)(=O)F)(CC=C4C=CCC[C@@]43C)[C@@H]1CC[C@@H]2C(=O)Sc1ccccn1. The molecule has 1 aromatic rings. The van der Waals surface area contributed by atoms with Gasteiger partial charge in [-0.15, -0.1) is 0 Å². The first kappa shape index (κ1) is 23.2. The Labute approximate surface area is 199 Å². The Bertz CT molecular complexity index is 1120. The number of nitrogens with zero attached hydrogens (tertiary/aromatic N) is 1. The number of fused-ring (bicyclic) bond motifs is 5. The standard InChI is InChI=1S/C25H30FNO4S2/c1-23-13-5-3-7-17(23)11-15-25(31-33(26,29)30)19-10-9-18(24(19,2)14-12-20(23)25)22(28)32-21-8-4-6-16-27-21/h3-4,6-8,11,16,18-20H,5,9-10,12-15H2,1-2H3/t18-,19-,20-,23+,24-,25?/m1/s1. The molecule has 0 N–H and O–H groups in total. The van der Waals surface area contributed by atoms with Crippen LogP contribution in [0.25, 0.3) is 0 Å². The fraction of sp³-hybridized carbons (Fsp3) is 0.600. The van der Waals surface area contributed by atoms with Crippen LogP contribution in [0.1, 0.15) is 58.8 Å². The van der Waals surface area contributed by atoms with Gasteiger partial charge in [0, 0.05) is 12.1 Å². The predicted octanol–water partition coefficient (Wildman–Crippen LogP) is 5.80. The van der Waals surface area contributed by atoms with Crippen molar-refractivity contribution in [2.75, 3.05) is 0 Å². The third-order valence-electron chi connectivity index (χ3n) is 9.07. The van der Waals surface area contributed by atoms with Gasteiger partial charge in [0.05, 0.1) is 0 Å². The van der Waals surface area contributed by atoms with E-state index in [1.165, 1.54) is 5.57 Å². The minimum atomic E-state index is -5.17. The smallest absolute Gasteiger partial charge is 0.286 e. The molecule has 1 aromatic heterocycles. The second-order valence-electron chi connectivity index (χ2n) is 10.5. The van der Waals surface area contributed by atoms with Gasteiger partial charge in [0.15, 0.2) is 5.12 Å². The first-order valence-corrected chi connectivity index (χ1v) is 13.9. The van der Waals surface area contributed by atoms with E-state index in [2.05, 4.69) is 37.1 Å². The highest BCUT2D eigenvalue weighted by molar-refractivity contribution is 8.13. The summed E-state index contributed by atoms with van der Waals surface area (Å²) in [6, 6.07) is 5.49. The maximum absolute atomic E-state index is 14.2. The molecule has 4 aliphatic carbocycles. The number of pyridine rings is 1. The van der Waals surface area contributed by atoms with Gasteiger partial charge in [-0.05, 0) is 97.1 Å². The molecule has 5 nitrogen and oxygen atoms in total. The van der Waals surface area contributed by atoms with Gasteiger partial charge in [-0.1, -0.05) is 42.0 Å². The Morgan fingerprint density at radius 2 is 2.00 bits per heavy atom. The van der Waals surface area contributed by atoms with Crippen LogP contribution in [0.15, 0.2) is 53.2 Å². The van der Waals surface area contributed by atoms with Crippen molar-refractivity contribution in [3.8, 4) is 0 Å². The van der Waals surface area contributed by atoms with Gasteiger partial charge in [0.1, 0.15) is 10.6 Å². The fourth-order valence-electron chi connectivity index (χ4n) is 7.65. The maximum atomic E-state index is 14.2. The van der Waals surface area contributed by atoms with Crippen LogP contribution in [0.5, 0.6) is 0 Å². The zero-order valence-corrected chi connectivity index (χ0v) is 20.6. The summed E-state index contributed by atoms with van der Waals surface area (Å²) in [5, 5.41) is 0.710. The average molecular weight is 492 g/mol. The molecule has 0 aliphatic heterocycles. The quantitative estimate of drug-likeness (QED) is 0.392. The van der Waals surface area contributed by atoms with E-state index >= 15 is 0 Å². The van der Waals surface area contributed by atoms with E-state index in [-0.39, 0.29) is 28.3 Å². The van der Waals surface area contributed by atoms with Crippen LogP contribution in [0, 0.1) is 28.6 Å². The summed E-state index contributed by atoms with van der Waals surface area (Å²) in [6.45, 7) is 4.26. The topological polar surface area (TPSA) is 73.3 Å². The lowest BCUT2D eigenvalue weighted by Crippen LogP contribution is -2.62. The van der Waals surface area contributed by atoms with Gasteiger partial charge < -0.3 is 0 Å². The molecule has 2 saturated carbocycles. The first-order chi connectivity index (χ1) is 15.6. The number of allylic oxidation sites excluding steroid dienone is 3. The minimum absolute atomic E-state index is 0.0502. The van der Waals surface area contributed by atoms with E-state index < -0.39 is 21.5 Å². The molecule has 6 atom stereocenters. The third kappa shape index (κ3) is 3.73. The number of thioether (sulfide) groups is 1. The maximum Gasteiger partial charge on any atom is 0.438 e. The molecule has 33 heavy (non-hydrogen) atoms. The van der Waals surface area contributed by atoms with Gasteiger partial charge >= 0.3 is 10.5 Å². The van der Waals surface area contributed by atoms with E-state index in [1.807, 2.05) is 18.2 Å². The van der Waals surface area contributed by atoms with Crippen LogP contribution in [0.2, 0.25) is 0 Å². The van der Waals surface area contributed by atoms with Gasteiger partial charge in [0.25, 0.3) is 0 Å². The molecular formula is C25H30FNO4S2. The van der Waals surface area contributed by atoms with Crippen LogP contribution in [-0.4, -0.2) is 24.1 Å². The van der Waals surface area contributed by atoms with Gasteiger partial charge in [-0.3, -0.25) is 4.79 Å². The molecule has 5 rings (SSSR count). The first-order valence-electron chi connectivity index (χ1n) is 11.7. The molecule has 178 valence electrons. The lowest BCUT2D eigenvalue weighted by atomic mass is 9.46. The van der Waals surface area contributed by atoms with Crippen molar-refractivity contribution in [1.29, 1.82) is 0 Å². The lowest BCUT2D eigenvalue weighted by molar-refractivity contribution is -0.159. The van der Waals surface area contributed by atoms with Crippen LogP contribution in [-0.2, 0) is 19.5 Å². The summed E-state index contributed by atoms with van der Waals surface area (Å²) in [5.74, 6) is -0.577. The molecule has 0 bridgehead atoms. The van der Waals surface area contributed by atoms with Crippen molar-refractivity contribution < 1.29 is 21.3 Å². The highest BCUT2D eigenvalue weighted by Gasteiger charge is 2.68. The molecule has 0 spiro atoms. The number of aromatic nitrogens is 1. The van der Waals surface area contributed by atoms with Crippen LogP contribution < -0.4 is 0 Å². The van der Waals surface area contributed by atoms with Crippen molar-refractivity contribution in [1.82, 2.24) is 4.98 Å². The van der Waals surface area contributed by atoms with E-state index in [1.54, 1.807) is 6.20 Å². The van der Waals surface area contributed by atoms with Crippen molar-refractivity contribution in [3.05, 3.63) is 48.2 Å². The van der Waals surface area contributed by atoms with Crippen molar-refractivity contribution in [2.45, 2.75) is 69.4 Å². The molecule has 0 radical (unpaired) electrons. The summed E-state index contributed by atoms with van der Waals surface area (Å²) in [6.07, 6.45) is 13.0. The highest BCUT2D eigenvalue weighted by atomic mass is 32.3. The number of carbonyl (C=O) groups excluding carboxylic acids is 1. The van der Waals surface area contributed by atoms with Crippen molar-refractivity contribution >= 4 is 27.4 Å². The van der Waals surface area contributed by atoms with Crippen molar-refractivity contribution in [3.63, 3.8) is 0 Å². The summed E-state index contributed by atoms with van der Waals surface area (Å²) in [7, 11) is -5.17. The molecule has 4 aliphatic rings. The molecular weight excluding hydrogens is 461 g/mol. The van der Waals surface area contributed by atoms with Crippen molar-refractivity contribution in [2.24, 2.45) is 28.6 Å². The van der Waals surface area contributed by atoms with Crippen LogP contribution >= 0.6 is 11.8 Å². The molecule has 0 aromatic carbocycles. The Hall–Kier alpha value is -1.51. The summed E-state index contributed by atoms with van der Waals surface area (Å²) < 4.78 is 43.7. The molecule has 8 heteroatoms. The van der Waals surface area contributed by atoms with Gasteiger partial charge in [-0.25, -0.2) is 9.17 Å². The summed E-state index contributed by atoms with van der Waals surface area (Å²) in [5.41, 5.74) is -0.667. The number of hydrogen-bond acceptors (Lipinski definition) is 6. The molecule has 0 saturated heterocycles. The summed E-state index contributed by atoms with van der Waals surface area (Å²) in [4.78, 5) is 17.7. The number of halogens is 1. The lowest BCUT2D eigenvalue weighted by Gasteiger charge is -2.61. The zero-order chi connectivity index (χ0) is 23.5.